The first-order chi connectivity index (χ1) is 9.16. The summed E-state index contributed by atoms with van der Waals surface area (Å²) in [5.41, 5.74) is 4.46. The first-order valence-electron chi connectivity index (χ1n) is 7.23. The van der Waals surface area contributed by atoms with Gasteiger partial charge in [-0.25, -0.2) is 4.89 Å². The van der Waals surface area contributed by atoms with Crippen LogP contribution < -0.4 is 0 Å². The zero-order valence-corrected chi connectivity index (χ0v) is 13.5. The maximum absolute atomic E-state index is 10.3. The molecule has 0 heterocycles. The summed E-state index contributed by atoms with van der Waals surface area (Å²) in [6.45, 7) is 12.3. The predicted molar refractivity (Wildman–Crippen MR) is 81.8 cm³/mol. The van der Waals surface area contributed by atoms with Crippen LogP contribution in [0.4, 0.5) is 0 Å². The van der Waals surface area contributed by atoms with Crippen molar-refractivity contribution in [1.82, 2.24) is 0 Å². The lowest BCUT2D eigenvalue weighted by molar-refractivity contribution is -0.301. The lowest BCUT2D eigenvalue weighted by atomic mass is 9.85. The minimum atomic E-state index is -0.520. The smallest absolute Gasteiger partial charge is 0.0976 e. The first kappa shape index (κ1) is 17.2. The Morgan fingerprint density at radius 2 is 1.55 bits per heavy atom. The predicted octanol–water partition coefficient (Wildman–Crippen LogP) is 4.33. The van der Waals surface area contributed by atoms with Crippen molar-refractivity contribution in [3.8, 4) is 0 Å². The Bertz CT molecular complexity index is 423. The molecule has 0 amide bonds. The SMILES string of the molecule is Cc1cc(C(O)CCC(OO)C(C)(C)C)cc(C)c1C. The molecule has 0 aromatic heterocycles. The van der Waals surface area contributed by atoms with Crippen molar-refractivity contribution < 1.29 is 15.3 Å². The Hall–Kier alpha value is -0.900. The summed E-state index contributed by atoms with van der Waals surface area (Å²) >= 11 is 0. The zero-order chi connectivity index (χ0) is 15.5. The van der Waals surface area contributed by atoms with Crippen molar-refractivity contribution in [3.05, 3.63) is 34.4 Å². The highest BCUT2D eigenvalue weighted by Gasteiger charge is 2.26. The van der Waals surface area contributed by atoms with Crippen LogP contribution in [0.1, 0.15) is 62.0 Å². The molecule has 1 aromatic carbocycles. The van der Waals surface area contributed by atoms with Crippen LogP contribution in [0.2, 0.25) is 0 Å². The molecule has 0 fully saturated rings. The van der Waals surface area contributed by atoms with E-state index in [-0.39, 0.29) is 11.5 Å². The van der Waals surface area contributed by atoms with Crippen molar-refractivity contribution in [3.63, 3.8) is 0 Å². The standard InChI is InChI=1S/C17H28O3/c1-11-9-14(10-12(2)13(11)3)15(18)7-8-16(20-19)17(4,5)6/h9-10,15-16,18-19H,7-8H2,1-6H3. The molecule has 0 aliphatic carbocycles. The molecule has 20 heavy (non-hydrogen) atoms. The lowest BCUT2D eigenvalue weighted by Crippen LogP contribution is -2.28. The molecule has 0 saturated carbocycles. The van der Waals surface area contributed by atoms with E-state index in [1.807, 2.05) is 32.9 Å². The highest BCUT2D eigenvalue weighted by atomic mass is 17.1. The van der Waals surface area contributed by atoms with E-state index in [1.165, 1.54) is 16.7 Å². The summed E-state index contributed by atoms with van der Waals surface area (Å²) in [4.78, 5) is 4.56. The summed E-state index contributed by atoms with van der Waals surface area (Å²) in [5, 5.41) is 19.3. The van der Waals surface area contributed by atoms with E-state index in [9.17, 15) is 5.11 Å². The van der Waals surface area contributed by atoms with Crippen molar-refractivity contribution >= 4 is 0 Å². The largest absolute Gasteiger partial charge is 0.388 e. The summed E-state index contributed by atoms with van der Waals surface area (Å²) in [7, 11) is 0. The molecular weight excluding hydrogens is 252 g/mol. The van der Waals surface area contributed by atoms with Crippen LogP contribution in [-0.2, 0) is 4.89 Å². The fourth-order valence-corrected chi connectivity index (χ4v) is 2.38. The second-order valence-corrected chi connectivity index (χ2v) is 6.83. The number of aliphatic hydroxyl groups is 1. The molecule has 0 radical (unpaired) electrons. The van der Waals surface area contributed by atoms with Gasteiger partial charge in [0.15, 0.2) is 0 Å². The lowest BCUT2D eigenvalue weighted by Gasteiger charge is -2.28. The molecular formula is C17H28O3. The second kappa shape index (κ2) is 6.70. The summed E-state index contributed by atoms with van der Waals surface area (Å²) in [6.07, 6.45) is 0.398. The molecule has 0 aliphatic heterocycles. The molecule has 114 valence electrons. The topological polar surface area (TPSA) is 49.7 Å². The number of rotatable bonds is 5. The van der Waals surface area contributed by atoms with Crippen LogP contribution in [0.3, 0.4) is 0 Å². The van der Waals surface area contributed by atoms with Gasteiger partial charge in [0, 0.05) is 0 Å². The molecule has 3 nitrogen and oxygen atoms in total. The van der Waals surface area contributed by atoms with E-state index in [2.05, 4.69) is 25.7 Å². The van der Waals surface area contributed by atoms with Crippen molar-refractivity contribution in [2.24, 2.45) is 5.41 Å². The van der Waals surface area contributed by atoms with Gasteiger partial charge in [0.25, 0.3) is 0 Å². The number of aryl methyl sites for hydroxylation is 2. The normalized spacial score (nSPS) is 15.2. The Morgan fingerprint density at radius 3 is 1.95 bits per heavy atom. The van der Waals surface area contributed by atoms with Crippen LogP contribution in [0.5, 0.6) is 0 Å². The molecule has 0 spiro atoms. The molecule has 3 heteroatoms. The van der Waals surface area contributed by atoms with Gasteiger partial charge in [0.05, 0.1) is 12.2 Å². The number of benzene rings is 1. The Kier molecular flexibility index (Phi) is 5.75. The zero-order valence-electron chi connectivity index (χ0n) is 13.5. The summed E-state index contributed by atoms with van der Waals surface area (Å²) in [5.74, 6) is 0. The average Bonchev–Trinajstić information content (AvgIpc) is 2.34. The van der Waals surface area contributed by atoms with Crippen molar-refractivity contribution in [1.29, 1.82) is 0 Å². The van der Waals surface area contributed by atoms with E-state index in [4.69, 9.17) is 5.26 Å². The maximum Gasteiger partial charge on any atom is 0.0976 e. The summed E-state index contributed by atoms with van der Waals surface area (Å²) < 4.78 is 0. The molecule has 1 aromatic rings. The van der Waals surface area contributed by atoms with Crippen LogP contribution in [-0.4, -0.2) is 16.5 Å². The Morgan fingerprint density at radius 1 is 1.05 bits per heavy atom. The quantitative estimate of drug-likeness (QED) is 0.623. The van der Waals surface area contributed by atoms with Gasteiger partial charge in [0.1, 0.15) is 0 Å². The van der Waals surface area contributed by atoms with Gasteiger partial charge in [0.2, 0.25) is 0 Å². The molecule has 0 saturated heterocycles. The number of hydrogen-bond acceptors (Lipinski definition) is 3. The van der Waals surface area contributed by atoms with Gasteiger partial charge < -0.3 is 5.11 Å². The van der Waals surface area contributed by atoms with Gasteiger partial charge in [-0.1, -0.05) is 32.9 Å². The minimum absolute atomic E-state index is 0.145. The maximum atomic E-state index is 10.3. The van der Waals surface area contributed by atoms with Gasteiger partial charge >= 0.3 is 0 Å². The molecule has 2 atom stereocenters. The molecule has 0 aliphatic rings. The minimum Gasteiger partial charge on any atom is -0.388 e. The van der Waals surface area contributed by atoms with Gasteiger partial charge in [-0.05, 0) is 61.3 Å². The van der Waals surface area contributed by atoms with Crippen molar-refractivity contribution in [2.45, 2.75) is 66.6 Å². The average molecular weight is 280 g/mol. The third-order valence-corrected chi connectivity index (χ3v) is 4.13. The fraction of sp³-hybridized carbons (Fsp3) is 0.647. The van der Waals surface area contributed by atoms with E-state index in [0.29, 0.717) is 12.8 Å². The van der Waals surface area contributed by atoms with Crippen LogP contribution in [0.25, 0.3) is 0 Å². The van der Waals surface area contributed by atoms with E-state index >= 15 is 0 Å². The van der Waals surface area contributed by atoms with E-state index in [1.54, 1.807) is 0 Å². The summed E-state index contributed by atoms with van der Waals surface area (Å²) in [6, 6.07) is 4.08. The van der Waals surface area contributed by atoms with Gasteiger partial charge in [-0.3, -0.25) is 5.26 Å². The van der Waals surface area contributed by atoms with E-state index in [0.717, 1.165) is 5.56 Å². The molecule has 1 rings (SSSR count). The van der Waals surface area contributed by atoms with Crippen molar-refractivity contribution in [2.75, 3.05) is 0 Å². The van der Waals surface area contributed by atoms with E-state index < -0.39 is 6.10 Å². The third kappa shape index (κ3) is 4.30. The Labute approximate surface area is 122 Å². The molecule has 2 N–H and O–H groups in total. The van der Waals surface area contributed by atoms with Crippen LogP contribution in [0.15, 0.2) is 12.1 Å². The van der Waals surface area contributed by atoms with Gasteiger partial charge in [-0.15, -0.1) is 0 Å². The number of aliphatic hydroxyl groups excluding tert-OH is 1. The molecule has 0 bridgehead atoms. The first-order valence-corrected chi connectivity index (χ1v) is 7.23. The van der Waals surface area contributed by atoms with Crippen LogP contribution >= 0.6 is 0 Å². The monoisotopic (exact) mass is 280 g/mol. The fourth-order valence-electron chi connectivity index (χ4n) is 2.38. The highest BCUT2D eigenvalue weighted by molar-refractivity contribution is 5.37. The van der Waals surface area contributed by atoms with Gasteiger partial charge in [-0.2, -0.15) is 0 Å². The molecule has 2 unspecified atom stereocenters. The Balaban J connectivity index is 2.74. The highest BCUT2D eigenvalue weighted by Crippen LogP contribution is 2.29. The van der Waals surface area contributed by atoms with Crippen LogP contribution in [0, 0.1) is 26.2 Å². The number of hydrogen-bond donors (Lipinski definition) is 2. The second-order valence-electron chi connectivity index (χ2n) is 6.83. The third-order valence-electron chi connectivity index (χ3n) is 4.13.